The predicted molar refractivity (Wildman–Crippen MR) is 97.0 cm³/mol. The van der Waals surface area contributed by atoms with E-state index in [2.05, 4.69) is 21.2 Å². The van der Waals surface area contributed by atoms with Gasteiger partial charge in [0.1, 0.15) is 0 Å². The van der Waals surface area contributed by atoms with Crippen molar-refractivity contribution < 1.29 is 19.2 Å². The maximum Gasteiger partial charge on any atom is 0.309 e. The second kappa shape index (κ2) is 9.18. The lowest BCUT2D eigenvalue weighted by molar-refractivity contribution is -0.905. The Labute approximate surface area is 151 Å². The Hall–Kier alpha value is -1.40. The number of carbonyl (C=O) groups is 2. The van der Waals surface area contributed by atoms with Gasteiger partial charge in [-0.05, 0) is 37.6 Å². The fraction of sp³-hybridized carbons (Fsp3) is 0.556. The van der Waals surface area contributed by atoms with E-state index in [-0.39, 0.29) is 17.8 Å². The van der Waals surface area contributed by atoms with E-state index in [0.29, 0.717) is 13.0 Å². The first-order valence-electron chi connectivity index (χ1n) is 8.55. The molecule has 1 aromatic rings. The minimum atomic E-state index is -0.0695. The van der Waals surface area contributed by atoms with Crippen molar-refractivity contribution in [1.82, 2.24) is 0 Å². The number of hydrogen-bond donors (Lipinski definition) is 2. The zero-order valence-corrected chi connectivity index (χ0v) is 15.9. The number of esters is 1. The molecule has 0 radical (unpaired) electrons. The van der Waals surface area contributed by atoms with Crippen molar-refractivity contribution >= 4 is 33.5 Å². The monoisotopic (exact) mass is 397 g/mol. The average molecular weight is 398 g/mol. The zero-order valence-electron chi connectivity index (χ0n) is 14.4. The third kappa shape index (κ3) is 5.60. The number of benzene rings is 1. The highest BCUT2D eigenvalue weighted by molar-refractivity contribution is 9.10. The summed E-state index contributed by atoms with van der Waals surface area (Å²) in [5, 5.41) is 2.95. The number of hydrogen-bond acceptors (Lipinski definition) is 3. The van der Waals surface area contributed by atoms with E-state index in [0.717, 1.165) is 48.2 Å². The summed E-state index contributed by atoms with van der Waals surface area (Å²) in [5.41, 5.74) is 1.93. The minimum absolute atomic E-state index is 0.0354. The summed E-state index contributed by atoms with van der Waals surface area (Å²) >= 11 is 3.45. The van der Waals surface area contributed by atoms with Gasteiger partial charge in [-0.2, -0.15) is 0 Å². The van der Waals surface area contributed by atoms with E-state index < -0.39 is 0 Å². The van der Waals surface area contributed by atoms with Gasteiger partial charge in [0, 0.05) is 23.0 Å². The molecule has 132 valence electrons. The summed E-state index contributed by atoms with van der Waals surface area (Å²) in [6.45, 7) is 6.93. The second-order valence-electron chi connectivity index (χ2n) is 6.29. The van der Waals surface area contributed by atoms with Crippen molar-refractivity contribution in [3.05, 3.63) is 28.2 Å². The van der Waals surface area contributed by atoms with Gasteiger partial charge in [-0.3, -0.25) is 9.59 Å². The fourth-order valence-electron chi connectivity index (χ4n) is 3.01. The van der Waals surface area contributed by atoms with Gasteiger partial charge in [0.25, 0.3) is 0 Å². The molecule has 1 heterocycles. The third-order valence-corrected chi connectivity index (χ3v) is 5.35. The van der Waals surface area contributed by atoms with Crippen molar-refractivity contribution in [3.63, 3.8) is 0 Å². The maximum atomic E-state index is 12.1. The van der Waals surface area contributed by atoms with E-state index in [1.807, 2.05) is 32.0 Å². The highest BCUT2D eigenvalue weighted by Crippen LogP contribution is 2.20. The topological polar surface area (TPSA) is 59.8 Å². The number of quaternary nitrogens is 1. The van der Waals surface area contributed by atoms with Gasteiger partial charge < -0.3 is 15.0 Å². The van der Waals surface area contributed by atoms with Crippen LogP contribution in [-0.4, -0.2) is 38.1 Å². The standard InChI is InChI=1S/C18H25BrN2O3/c1-3-24-18(23)14-6-9-21(10-7-14)11-8-17(22)20-15-4-5-16(19)13(2)12-15/h4-5,12,14H,3,6-11H2,1-2H3,(H,20,22)/p+1. The summed E-state index contributed by atoms with van der Waals surface area (Å²) in [4.78, 5) is 25.2. The van der Waals surface area contributed by atoms with Crippen molar-refractivity contribution in [2.24, 2.45) is 5.92 Å². The highest BCUT2D eigenvalue weighted by atomic mass is 79.9. The van der Waals surface area contributed by atoms with Gasteiger partial charge in [-0.15, -0.1) is 0 Å². The van der Waals surface area contributed by atoms with Crippen LogP contribution in [0.15, 0.2) is 22.7 Å². The smallest absolute Gasteiger partial charge is 0.309 e. The summed E-state index contributed by atoms with van der Waals surface area (Å²) in [6, 6.07) is 5.79. The van der Waals surface area contributed by atoms with Crippen LogP contribution in [0.4, 0.5) is 5.69 Å². The van der Waals surface area contributed by atoms with Crippen LogP contribution in [0.2, 0.25) is 0 Å². The van der Waals surface area contributed by atoms with Crippen molar-refractivity contribution in [3.8, 4) is 0 Å². The van der Waals surface area contributed by atoms with Gasteiger partial charge in [0.15, 0.2) is 0 Å². The molecule has 0 unspecified atom stereocenters. The van der Waals surface area contributed by atoms with Crippen LogP contribution in [0.5, 0.6) is 0 Å². The molecular weight excluding hydrogens is 372 g/mol. The van der Waals surface area contributed by atoms with E-state index in [1.54, 1.807) is 0 Å². The lowest BCUT2D eigenvalue weighted by Crippen LogP contribution is -3.13. The van der Waals surface area contributed by atoms with Crippen LogP contribution >= 0.6 is 15.9 Å². The first-order chi connectivity index (χ1) is 11.5. The number of piperidine rings is 1. The number of halogens is 1. The van der Waals surface area contributed by atoms with Gasteiger partial charge in [-0.25, -0.2) is 0 Å². The SMILES string of the molecule is CCOC(=O)C1CC[NH+](CCC(=O)Nc2ccc(Br)c(C)c2)CC1. The molecule has 0 bridgehead atoms. The molecular formula is C18H26BrN2O3+. The lowest BCUT2D eigenvalue weighted by Gasteiger charge is -2.27. The number of amides is 1. The molecule has 0 spiro atoms. The summed E-state index contributed by atoms with van der Waals surface area (Å²) in [7, 11) is 0. The van der Waals surface area contributed by atoms with Gasteiger partial charge in [-0.1, -0.05) is 15.9 Å². The molecule has 1 aromatic carbocycles. The molecule has 1 aliphatic heterocycles. The Kier molecular flexibility index (Phi) is 7.24. The van der Waals surface area contributed by atoms with Crippen LogP contribution in [0, 0.1) is 12.8 Å². The zero-order chi connectivity index (χ0) is 17.5. The Bertz CT molecular complexity index is 584. The van der Waals surface area contributed by atoms with Crippen LogP contribution in [0.3, 0.4) is 0 Å². The molecule has 24 heavy (non-hydrogen) atoms. The number of aryl methyl sites for hydroxylation is 1. The van der Waals surface area contributed by atoms with Gasteiger partial charge in [0.05, 0.1) is 38.6 Å². The van der Waals surface area contributed by atoms with E-state index in [4.69, 9.17) is 4.74 Å². The largest absolute Gasteiger partial charge is 0.466 e. The molecule has 1 aliphatic rings. The Morgan fingerprint density at radius 3 is 2.67 bits per heavy atom. The molecule has 2 rings (SSSR count). The first kappa shape index (κ1) is 18.9. The number of carbonyl (C=O) groups excluding carboxylic acids is 2. The highest BCUT2D eigenvalue weighted by Gasteiger charge is 2.28. The number of nitrogens with one attached hydrogen (secondary N) is 2. The van der Waals surface area contributed by atoms with Crippen LogP contribution in [0.25, 0.3) is 0 Å². The minimum Gasteiger partial charge on any atom is -0.466 e. The quantitative estimate of drug-likeness (QED) is 0.721. The molecule has 0 aromatic heterocycles. The molecule has 5 nitrogen and oxygen atoms in total. The Morgan fingerprint density at radius 1 is 1.33 bits per heavy atom. The molecule has 2 N–H and O–H groups in total. The molecule has 6 heteroatoms. The molecule has 1 fully saturated rings. The Balaban J connectivity index is 1.71. The summed E-state index contributed by atoms with van der Waals surface area (Å²) in [6.07, 6.45) is 2.19. The second-order valence-corrected chi connectivity index (χ2v) is 7.14. The first-order valence-corrected chi connectivity index (χ1v) is 9.35. The molecule has 1 saturated heterocycles. The van der Waals surface area contributed by atoms with Crippen molar-refractivity contribution in [2.45, 2.75) is 33.1 Å². The van der Waals surface area contributed by atoms with Crippen LogP contribution < -0.4 is 10.2 Å². The maximum absolute atomic E-state index is 12.1. The Morgan fingerprint density at radius 2 is 2.04 bits per heavy atom. The van der Waals surface area contributed by atoms with Crippen molar-refractivity contribution in [2.75, 3.05) is 31.6 Å². The normalized spacial score (nSPS) is 20.5. The number of anilines is 1. The van der Waals surface area contributed by atoms with E-state index >= 15 is 0 Å². The van der Waals surface area contributed by atoms with E-state index in [1.165, 1.54) is 4.90 Å². The fourth-order valence-corrected chi connectivity index (χ4v) is 3.25. The number of likely N-dealkylation sites (tertiary alicyclic amines) is 1. The van der Waals surface area contributed by atoms with E-state index in [9.17, 15) is 9.59 Å². The third-order valence-electron chi connectivity index (χ3n) is 4.46. The van der Waals surface area contributed by atoms with Gasteiger partial charge >= 0.3 is 5.97 Å². The molecule has 0 saturated carbocycles. The molecule has 1 amide bonds. The van der Waals surface area contributed by atoms with Crippen LogP contribution in [0.1, 0.15) is 31.7 Å². The average Bonchev–Trinajstić information content (AvgIpc) is 2.57. The predicted octanol–water partition coefficient (Wildman–Crippen LogP) is 1.94. The molecule has 0 aliphatic carbocycles. The van der Waals surface area contributed by atoms with Crippen LogP contribution in [-0.2, 0) is 14.3 Å². The summed E-state index contributed by atoms with van der Waals surface area (Å²) < 4.78 is 6.12. The lowest BCUT2D eigenvalue weighted by atomic mass is 9.97. The number of ether oxygens (including phenoxy) is 1. The number of rotatable bonds is 6. The van der Waals surface area contributed by atoms with Crippen molar-refractivity contribution in [1.29, 1.82) is 0 Å². The summed E-state index contributed by atoms with van der Waals surface area (Å²) in [5.74, 6) is 0.00454. The van der Waals surface area contributed by atoms with Gasteiger partial charge in [0.2, 0.25) is 5.91 Å². The molecule has 0 atom stereocenters.